The molecule has 0 unspecified atom stereocenters. The highest BCUT2D eigenvalue weighted by molar-refractivity contribution is 6.73. The molecule has 1 fully saturated rings. The number of cyclic esters (lactones) is 1. The van der Waals surface area contributed by atoms with Crippen LogP contribution in [0.3, 0.4) is 0 Å². The van der Waals surface area contributed by atoms with Crippen LogP contribution in [0.5, 0.6) is 0 Å². The van der Waals surface area contributed by atoms with Gasteiger partial charge in [0.1, 0.15) is 12.7 Å². The first-order valence-electron chi connectivity index (χ1n) is 13.7. The smallest absolute Gasteiger partial charge is 0.439 e. The topological polar surface area (TPSA) is 91.4 Å². The van der Waals surface area contributed by atoms with Crippen LogP contribution in [0.1, 0.15) is 65.2 Å². The molecule has 0 radical (unpaired) electrons. The summed E-state index contributed by atoms with van der Waals surface area (Å²) in [5.41, 5.74) is 0.773. The molecule has 0 N–H and O–H groups in total. The standard InChI is InChI=1S/C30H41NO7Si/c1-7-39(8-2,9-3)38-30(5,6)20-25(36-29(34)35-21-23-16-12-10-13-17-23)27(32)31-22(4)26(37-28(31)33)24-18-14-11-15-19-24/h10-19,22,25-26H,7-9,20-21H2,1-6H3/t22-,25-,26-/m1/s1. The third-order valence-corrected chi connectivity index (χ3v) is 12.3. The first kappa shape index (κ1) is 30.4. The molecule has 8 nitrogen and oxygen atoms in total. The minimum atomic E-state index is -2.06. The lowest BCUT2D eigenvalue weighted by Gasteiger charge is -2.39. The van der Waals surface area contributed by atoms with Crippen LogP contribution in [0.4, 0.5) is 9.59 Å². The summed E-state index contributed by atoms with van der Waals surface area (Å²) < 4.78 is 23.2. The number of hydrogen-bond acceptors (Lipinski definition) is 7. The summed E-state index contributed by atoms with van der Waals surface area (Å²) in [5, 5.41) is 0. The second-order valence-corrected chi connectivity index (χ2v) is 15.3. The molecule has 2 aromatic carbocycles. The van der Waals surface area contributed by atoms with Crippen LogP contribution in [-0.4, -0.2) is 49.1 Å². The van der Waals surface area contributed by atoms with Crippen LogP contribution in [0.25, 0.3) is 0 Å². The molecule has 1 aliphatic heterocycles. The van der Waals surface area contributed by atoms with Crippen molar-refractivity contribution >= 4 is 26.5 Å². The normalized spacial score (nSPS) is 18.4. The number of rotatable bonds is 12. The molecule has 1 saturated heterocycles. The molecule has 3 rings (SSSR count). The lowest BCUT2D eigenvalue weighted by molar-refractivity contribution is -0.142. The Hall–Kier alpha value is -3.17. The van der Waals surface area contributed by atoms with Crippen molar-refractivity contribution in [2.45, 2.75) is 96.6 Å². The maximum atomic E-state index is 13.9. The van der Waals surface area contributed by atoms with Crippen LogP contribution < -0.4 is 0 Å². The summed E-state index contributed by atoms with van der Waals surface area (Å²) in [4.78, 5) is 40.6. The molecule has 3 atom stereocenters. The van der Waals surface area contributed by atoms with Crippen molar-refractivity contribution < 1.29 is 33.0 Å². The van der Waals surface area contributed by atoms with Gasteiger partial charge in [0.05, 0.1) is 11.6 Å². The van der Waals surface area contributed by atoms with Gasteiger partial charge in [-0.15, -0.1) is 0 Å². The Morgan fingerprint density at radius 1 is 0.974 bits per heavy atom. The largest absolute Gasteiger partial charge is 0.509 e. The lowest BCUT2D eigenvalue weighted by Crippen LogP contribution is -2.51. The quantitative estimate of drug-likeness (QED) is 0.205. The molecule has 0 aromatic heterocycles. The van der Waals surface area contributed by atoms with Gasteiger partial charge in [-0.2, -0.15) is 0 Å². The SMILES string of the molecule is CC[Si](CC)(CC)OC(C)(C)C[C@@H](OC(=O)OCc1ccccc1)C(=O)N1C(=O)O[C@@H](c2ccccc2)[C@H]1C. The molecule has 2 amide bonds. The summed E-state index contributed by atoms with van der Waals surface area (Å²) in [6.07, 6.45) is -3.63. The molecule has 0 bridgehead atoms. The Kier molecular flexibility index (Phi) is 10.3. The Balaban J connectivity index is 1.82. The highest BCUT2D eigenvalue weighted by Crippen LogP contribution is 2.35. The number of carbonyl (C=O) groups is 3. The van der Waals surface area contributed by atoms with E-state index in [0.29, 0.717) is 0 Å². The fourth-order valence-corrected chi connectivity index (χ4v) is 8.28. The molecule has 0 spiro atoms. The van der Waals surface area contributed by atoms with Crippen LogP contribution in [0.2, 0.25) is 18.1 Å². The minimum Gasteiger partial charge on any atom is -0.439 e. The first-order valence-corrected chi connectivity index (χ1v) is 16.2. The Bertz CT molecular complexity index is 1100. The van der Waals surface area contributed by atoms with Gasteiger partial charge >= 0.3 is 12.2 Å². The average molecular weight is 556 g/mol. The van der Waals surface area contributed by atoms with E-state index in [0.717, 1.165) is 34.2 Å². The molecular formula is C30H41NO7Si. The third kappa shape index (κ3) is 7.70. The van der Waals surface area contributed by atoms with Crippen LogP contribution in [0, 0.1) is 0 Å². The zero-order valence-corrected chi connectivity index (χ0v) is 24.8. The molecule has 9 heteroatoms. The van der Waals surface area contributed by atoms with Crippen LogP contribution >= 0.6 is 0 Å². The molecule has 2 aromatic rings. The van der Waals surface area contributed by atoms with Gasteiger partial charge in [-0.05, 0) is 50.0 Å². The highest BCUT2D eigenvalue weighted by atomic mass is 28.4. The van der Waals surface area contributed by atoms with Crippen molar-refractivity contribution in [3.63, 3.8) is 0 Å². The van der Waals surface area contributed by atoms with E-state index in [1.54, 1.807) is 6.92 Å². The van der Waals surface area contributed by atoms with Crippen LogP contribution in [-0.2, 0) is 30.0 Å². The fourth-order valence-electron chi connectivity index (χ4n) is 5.09. The summed E-state index contributed by atoms with van der Waals surface area (Å²) in [6.45, 7) is 11.9. The fraction of sp³-hybridized carbons (Fsp3) is 0.500. The Morgan fingerprint density at radius 3 is 2.10 bits per heavy atom. The summed E-state index contributed by atoms with van der Waals surface area (Å²) in [6, 6.07) is 20.6. The number of amides is 2. The van der Waals surface area contributed by atoms with E-state index >= 15 is 0 Å². The predicted molar refractivity (Wildman–Crippen MR) is 150 cm³/mol. The van der Waals surface area contributed by atoms with E-state index in [9.17, 15) is 14.4 Å². The molecular weight excluding hydrogens is 514 g/mol. The van der Waals surface area contributed by atoms with E-state index in [1.165, 1.54) is 0 Å². The van der Waals surface area contributed by atoms with Gasteiger partial charge in [0.15, 0.2) is 14.4 Å². The first-order chi connectivity index (χ1) is 18.5. The van der Waals surface area contributed by atoms with Gasteiger partial charge in [0.25, 0.3) is 5.91 Å². The van der Waals surface area contributed by atoms with Crippen LogP contribution in [0.15, 0.2) is 60.7 Å². The Labute approximate surface area is 232 Å². The minimum absolute atomic E-state index is 0.00372. The maximum Gasteiger partial charge on any atom is 0.509 e. The van der Waals surface area contributed by atoms with Crippen molar-refractivity contribution in [2.24, 2.45) is 0 Å². The lowest BCUT2D eigenvalue weighted by atomic mass is 9.98. The average Bonchev–Trinajstić information content (AvgIpc) is 3.24. The summed E-state index contributed by atoms with van der Waals surface area (Å²) in [5.74, 6) is -0.656. The molecule has 0 saturated carbocycles. The van der Waals surface area contributed by atoms with Gasteiger partial charge in [-0.25, -0.2) is 14.5 Å². The second kappa shape index (κ2) is 13.3. The number of nitrogens with zero attached hydrogens (tertiary/aromatic N) is 1. The van der Waals surface area contributed by atoms with E-state index < -0.39 is 50.3 Å². The van der Waals surface area contributed by atoms with Gasteiger partial charge in [0.2, 0.25) is 0 Å². The zero-order chi connectivity index (χ0) is 28.6. The van der Waals surface area contributed by atoms with Crippen molar-refractivity contribution in [1.82, 2.24) is 4.90 Å². The molecule has 1 heterocycles. The van der Waals surface area contributed by atoms with Gasteiger partial charge in [-0.1, -0.05) is 81.4 Å². The number of benzene rings is 2. The number of imide groups is 1. The zero-order valence-electron chi connectivity index (χ0n) is 23.8. The maximum absolute atomic E-state index is 13.9. The molecule has 0 aliphatic carbocycles. The van der Waals surface area contributed by atoms with E-state index in [1.807, 2.05) is 74.5 Å². The summed E-state index contributed by atoms with van der Waals surface area (Å²) >= 11 is 0. The molecule has 212 valence electrons. The van der Waals surface area contributed by atoms with E-state index in [2.05, 4.69) is 20.8 Å². The summed E-state index contributed by atoms with van der Waals surface area (Å²) in [7, 11) is -2.06. The molecule has 1 aliphatic rings. The van der Waals surface area contributed by atoms with E-state index in [-0.39, 0.29) is 13.0 Å². The predicted octanol–water partition coefficient (Wildman–Crippen LogP) is 7.01. The van der Waals surface area contributed by atoms with Crippen molar-refractivity contribution in [1.29, 1.82) is 0 Å². The van der Waals surface area contributed by atoms with E-state index in [4.69, 9.17) is 18.6 Å². The molecule has 39 heavy (non-hydrogen) atoms. The number of carbonyl (C=O) groups excluding carboxylic acids is 3. The third-order valence-electron chi connectivity index (χ3n) is 7.45. The van der Waals surface area contributed by atoms with Crippen molar-refractivity contribution in [2.75, 3.05) is 0 Å². The number of ether oxygens (including phenoxy) is 3. The second-order valence-electron chi connectivity index (χ2n) is 10.6. The van der Waals surface area contributed by atoms with Crippen molar-refractivity contribution in [3.8, 4) is 0 Å². The van der Waals surface area contributed by atoms with Gasteiger partial charge in [0, 0.05) is 6.42 Å². The highest BCUT2D eigenvalue weighted by Gasteiger charge is 2.48. The monoisotopic (exact) mass is 555 g/mol. The Morgan fingerprint density at radius 2 is 1.54 bits per heavy atom. The van der Waals surface area contributed by atoms with Crippen molar-refractivity contribution in [3.05, 3.63) is 71.8 Å². The van der Waals surface area contributed by atoms with Gasteiger partial charge < -0.3 is 18.6 Å². The van der Waals surface area contributed by atoms with Gasteiger partial charge in [-0.3, -0.25) is 4.79 Å². The number of hydrogen-bond donors (Lipinski definition) is 0.